The van der Waals surface area contributed by atoms with Crippen molar-refractivity contribution in [1.29, 1.82) is 0 Å². The number of carbonyl (C=O) groups is 1. The Balaban J connectivity index is 1.90. The van der Waals surface area contributed by atoms with Gasteiger partial charge in [0.2, 0.25) is 0 Å². The van der Waals surface area contributed by atoms with Gasteiger partial charge in [-0.1, -0.05) is 11.8 Å². The van der Waals surface area contributed by atoms with E-state index in [0.29, 0.717) is 16.5 Å². The van der Waals surface area contributed by atoms with Crippen molar-refractivity contribution in [3.05, 3.63) is 72.1 Å². The lowest BCUT2D eigenvalue weighted by Gasteiger charge is -2.16. The molecule has 0 fully saturated rings. The van der Waals surface area contributed by atoms with Crippen LogP contribution in [0.1, 0.15) is 29.0 Å². The molecule has 1 N–H and O–H groups in total. The number of nitrogens with one attached hydrogen (secondary N) is 1. The molecular weight excluding hydrogens is 339 g/mol. The summed E-state index contributed by atoms with van der Waals surface area (Å²) in [5.74, 6) is -0.576. The van der Waals surface area contributed by atoms with E-state index in [9.17, 15) is 9.18 Å². The molecule has 0 bridgehead atoms. The molecule has 0 aliphatic carbocycles. The van der Waals surface area contributed by atoms with Crippen molar-refractivity contribution >= 4 is 17.7 Å². The van der Waals surface area contributed by atoms with Gasteiger partial charge in [-0.3, -0.25) is 14.3 Å². The molecule has 128 valence electrons. The van der Waals surface area contributed by atoms with Crippen LogP contribution in [0, 0.1) is 5.82 Å². The lowest BCUT2D eigenvalue weighted by Crippen LogP contribution is -2.28. The first-order chi connectivity index (χ1) is 12.1. The van der Waals surface area contributed by atoms with Crippen molar-refractivity contribution in [3.8, 4) is 5.69 Å². The van der Waals surface area contributed by atoms with Crippen LogP contribution in [0.3, 0.4) is 0 Å². The Bertz CT molecular complexity index is 865. The van der Waals surface area contributed by atoms with Crippen molar-refractivity contribution in [3.63, 3.8) is 0 Å². The van der Waals surface area contributed by atoms with E-state index in [1.807, 2.05) is 25.3 Å². The molecule has 3 aromatic rings. The van der Waals surface area contributed by atoms with Crippen LogP contribution in [0.15, 0.2) is 60.1 Å². The summed E-state index contributed by atoms with van der Waals surface area (Å²) in [6.45, 7) is 1.90. The minimum atomic E-state index is -0.327. The number of pyridine rings is 1. The Kier molecular flexibility index (Phi) is 5.14. The summed E-state index contributed by atoms with van der Waals surface area (Å²) in [6, 6.07) is 9.51. The van der Waals surface area contributed by atoms with Gasteiger partial charge < -0.3 is 5.32 Å². The number of amides is 1. The minimum absolute atomic E-state index is 0.176. The van der Waals surface area contributed by atoms with Gasteiger partial charge in [0.1, 0.15) is 11.5 Å². The third kappa shape index (κ3) is 3.71. The molecule has 1 atom stereocenters. The Morgan fingerprint density at radius 2 is 1.88 bits per heavy atom. The maximum atomic E-state index is 13.2. The number of hydrogen-bond donors (Lipinski definition) is 1. The van der Waals surface area contributed by atoms with Gasteiger partial charge in [0.15, 0.2) is 5.16 Å². The third-order valence-corrected chi connectivity index (χ3v) is 4.44. The molecule has 1 amide bonds. The van der Waals surface area contributed by atoms with Gasteiger partial charge in [0.05, 0.1) is 12.2 Å². The predicted molar refractivity (Wildman–Crippen MR) is 95.4 cm³/mol. The molecule has 0 radical (unpaired) electrons. The first-order valence-corrected chi connectivity index (χ1v) is 8.91. The second kappa shape index (κ2) is 7.48. The molecule has 0 aliphatic rings. The van der Waals surface area contributed by atoms with E-state index in [1.54, 1.807) is 29.1 Å². The van der Waals surface area contributed by atoms with Crippen molar-refractivity contribution in [2.24, 2.45) is 0 Å². The summed E-state index contributed by atoms with van der Waals surface area (Å²) in [5.41, 5.74) is 2.04. The number of rotatable bonds is 5. The fourth-order valence-corrected chi connectivity index (χ4v) is 3.03. The topological polar surface area (TPSA) is 59.8 Å². The highest BCUT2D eigenvalue weighted by Crippen LogP contribution is 2.22. The van der Waals surface area contributed by atoms with E-state index in [0.717, 1.165) is 5.56 Å². The van der Waals surface area contributed by atoms with Crippen LogP contribution < -0.4 is 5.32 Å². The van der Waals surface area contributed by atoms with E-state index in [-0.39, 0.29) is 17.8 Å². The zero-order chi connectivity index (χ0) is 17.8. The lowest BCUT2D eigenvalue weighted by molar-refractivity contribution is 0.0932. The Hall–Kier alpha value is -2.67. The first-order valence-electron chi connectivity index (χ1n) is 7.68. The molecule has 3 rings (SSSR count). The van der Waals surface area contributed by atoms with Gasteiger partial charge in [0, 0.05) is 18.1 Å². The number of benzene rings is 1. The van der Waals surface area contributed by atoms with Crippen molar-refractivity contribution in [1.82, 2.24) is 19.9 Å². The van der Waals surface area contributed by atoms with Crippen LogP contribution in [0.2, 0.25) is 0 Å². The van der Waals surface area contributed by atoms with Gasteiger partial charge in [-0.2, -0.15) is 0 Å². The molecule has 25 heavy (non-hydrogen) atoms. The van der Waals surface area contributed by atoms with Crippen LogP contribution in [0.4, 0.5) is 4.39 Å². The van der Waals surface area contributed by atoms with Gasteiger partial charge in [-0.25, -0.2) is 9.37 Å². The number of carbonyl (C=O) groups excluding carboxylic acids is 1. The fraction of sp³-hybridized carbons (Fsp3) is 0.167. The van der Waals surface area contributed by atoms with E-state index < -0.39 is 0 Å². The van der Waals surface area contributed by atoms with Crippen molar-refractivity contribution in [2.75, 3.05) is 6.26 Å². The molecular formula is C18H17FN4OS. The SMILES string of the molecule is CSc1ncc(C(=O)NC(C)c2ccncc2)n1-c1ccc(F)cc1. The summed E-state index contributed by atoms with van der Waals surface area (Å²) in [5, 5.41) is 3.62. The molecule has 1 aromatic carbocycles. The first kappa shape index (κ1) is 17.2. The number of imidazole rings is 1. The molecule has 0 saturated heterocycles. The Labute approximate surface area is 149 Å². The van der Waals surface area contributed by atoms with E-state index in [2.05, 4.69) is 15.3 Å². The molecule has 5 nitrogen and oxygen atoms in total. The number of nitrogens with zero attached hydrogens (tertiary/aromatic N) is 3. The molecule has 0 spiro atoms. The lowest BCUT2D eigenvalue weighted by atomic mass is 10.1. The van der Waals surface area contributed by atoms with E-state index in [4.69, 9.17) is 0 Å². The summed E-state index contributed by atoms with van der Waals surface area (Å²) in [6.07, 6.45) is 6.78. The normalized spacial score (nSPS) is 12.0. The van der Waals surface area contributed by atoms with Crippen LogP contribution in [0.5, 0.6) is 0 Å². The van der Waals surface area contributed by atoms with Gasteiger partial charge in [0.25, 0.3) is 5.91 Å². The van der Waals surface area contributed by atoms with Crippen LogP contribution in [0.25, 0.3) is 5.69 Å². The number of aromatic nitrogens is 3. The molecule has 7 heteroatoms. The smallest absolute Gasteiger partial charge is 0.270 e. The zero-order valence-electron chi connectivity index (χ0n) is 13.8. The number of hydrogen-bond acceptors (Lipinski definition) is 4. The summed E-state index contributed by atoms with van der Waals surface area (Å²) in [7, 11) is 0. The average molecular weight is 356 g/mol. The Morgan fingerprint density at radius 1 is 1.20 bits per heavy atom. The number of halogens is 1. The largest absolute Gasteiger partial charge is 0.344 e. The standard InChI is InChI=1S/C18H17FN4OS/c1-12(13-7-9-20-10-8-13)22-17(24)16-11-21-18(25-2)23(16)15-5-3-14(19)4-6-15/h3-12H,1-2H3,(H,22,24). The highest BCUT2D eigenvalue weighted by Gasteiger charge is 2.19. The van der Waals surface area contributed by atoms with Crippen molar-refractivity contribution in [2.45, 2.75) is 18.1 Å². The second-order valence-corrected chi connectivity index (χ2v) is 6.19. The van der Waals surface area contributed by atoms with Crippen molar-refractivity contribution < 1.29 is 9.18 Å². The fourth-order valence-electron chi connectivity index (χ4n) is 2.48. The molecule has 0 saturated carbocycles. The maximum Gasteiger partial charge on any atom is 0.270 e. The summed E-state index contributed by atoms with van der Waals surface area (Å²) >= 11 is 1.42. The van der Waals surface area contributed by atoms with Crippen LogP contribution in [-0.4, -0.2) is 26.7 Å². The molecule has 1 unspecified atom stereocenters. The zero-order valence-corrected chi connectivity index (χ0v) is 14.6. The molecule has 2 aromatic heterocycles. The van der Waals surface area contributed by atoms with Crippen LogP contribution >= 0.6 is 11.8 Å². The minimum Gasteiger partial charge on any atom is -0.344 e. The van der Waals surface area contributed by atoms with Gasteiger partial charge >= 0.3 is 0 Å². The van der Waals surface area contributed by atoms with Gasteiger partial charge in [-0.15, -0.1) is 0 Å². The monoisotopic (exact) mass is 356 g/mol. The predicted octanol–water partition coefficient (Wildman–Crippen LogP) is 3.62. The quantitative estimate of drug-likeness (QED) is 0.710. The second-order valence-electron chi connectivity index (χ2n) is 5.42. The number of thioether (sulfide) groups is 1. The highest BCUT2D eigenvalue weighted by atomic mass is 32.2. The molecule has 2 heterocycles. The van der Waals surface area contributed by atoms with Gasteiger partial charge in [-0.05, 0) is 55.1 Å². The third-order valence-electron chi connectivity index (χ3n) is 3.78. The van der Waals surface area contributed by atoms with E-state index >= 15 is 0 Å². The maximum absolute atomic E-state index is 13.2. The van der Waals surface area contributed by atoms with Crippen LogP contribution in [-0.2, 0) is 0 Å². The average Bonchev–Trinajstić information content (AvgIpc) is 3.07. The summed E-state index contributed by atoms with van der Waals surface area (Å²) in [4.78, 5) is 21.0. The van der Waals surface area contributed by atoms with E-state index in [1.165, 1.54) is 30.1 Å². The highest BCUT2D eigenvalue weighted by molar-refractivity contribution is 7.98. The summed E-state index contributed by atoms with van der Waals surface area (Å²) < 4.78 is 14.9. The Morgan fingerprint density at radius 3 is 2.52 bits per heavy atom. The molecule has 0 aliphatic heterocycles.